The van der Waals surface area contributed by atoms with E-state index in [9.17, 15) is 4.79 Å². The van der Waals surface area contributed by atoms with Crippen molar-refractivity contribution in [3.05, 3.63) is 89.8 Å². The summed E-state index contributed by atoms with van der Waals surface area (Å²) in [6.45, 7) is 8.23. The molecule has 35 heavy (non-hydrogen) atoms. The Morgan fingerprint density at radius 1 is 0.971 bits per heavy atom. The average molecular weight is 470 g/mol. The van der Waals surface area contributed by atoms with Crippen LogP contribution in [0.3, 0.4) is 0 Å². The normalized spacial score (nSPS) is 13.9. The quantitative estimate of drug-likeness (QED) is 0.440. The molecule has 7 nitrogen and oxygen atoms in total. The maximum Gasteiger partial charge on any atom is 0.236 e. The highest BCUT2D eigenvalue weighted by molar-refractivity contribution is 5.78. The standard InChI is InChI=1S/C28H31N5O2/c1-21-10-11-25(22(2)17-21)31-12-14-32(15-13-31)28(34)20-29-19-23-18-26(27-9-6-16-35-27)33(30-23)24-7-4-3-5-8-24/h3-11,16-18,29H,12-15,19-20H2,1-2H3. The fourth-order valence-electron chi connectivity index (χ4n) is 4.65. The first-order valence-corrected chi connectivity index (χ1v) is 12.1. The summed E-state index contributed by atoms with van der Waals surface area (Å²) in [4.78, 5) is 17.1. The molecular weight excluding hydrogens is 438 g/mol. The van der Waals surface area contributed by atoms with Gasteiger partial charge < -0.3 is 19.5 Å². The molecule has 2 aromatic heterocycles. The number of nitrogens with zero attached hydrogens (tertiary/aromatic N) is 4. The van der Waals surface area contributed by atoms with Gasteiger partial charge >= 0.3 is 0 Å². The molecule has 0 saturated carbocycles. The van der Waals surface area contributed by atoms with Gasteiger partial charge in [-0.2, -0.15) is 5.10 Å². The minimum atomic E-state index is 0.124. The van der Waals surface area contributed by atoms with E-state index >= 15 is 0 Å². The molecule has 0 unspecified atom stereocenters. The molecular formula is C28H31N5O2. The van der Waals surface area contributed by atoms with Gasteiger partial charge in [0.25, 0.3) is 0 Å². The number of carbonyl (C=O) groups excluding carboxylic acids is 1. The number of piperazine rings is 1. The van der Waals surface area contributed by atoms with Crippen LogP contribution in [-0.2, 0) is 11.3 Å². The third-order valence-electron chi connectivity index (χ3n) is 6.44. The van der Waals surface area contributed by atoms with Crippen molar-refractivity contribution in [2.75, 3.05) is 37.6 Å². The number of hydrogen-bond donors (Lipinski definition) is 1. The Kier molecular flexibility index (Phi) is 6.68. The van der Waals surface area contributed by atoms with Crippen LogP contribution in [-0.4, -0.2) is 53.3 Å². The van der Waals surface area contributed by atoms with E-state index in [0.717, 1.165) is 49.0 Å². The van der Waals surface area contributed by atoms with E-state index in [1.165, 1.54) is 16.8 Å². The van der Waals surface area contributed by atoms with Crippen molar-refractivity contribution in [1.29, 1.82) is 0 Å². The molecule has 1 aliphatic heterocycles. The van der Waals surface area contributed by atoms with Crippen LogP contribution in [0.5, 0.6) is 0 Å². The number of benzene rings is 2. The smallest absolute Gasteiger partial charge is 0.236 e. The molecule has 3 heterocycles. The second kappa shape index (κ2) is 10.2. The van der Waals surface area contributed by atoms with E-state index in [1.807, 2.05) is 58.1 Å². The second-order valence-electron chi connectivity index (χ2n) is 9.01. The van der Waals surface area contributed by atoms with E-state index in [0.29, 0.717) is 6.54 Å². The summed E-state index contributed by atoms with van der Waals surface area (Å²) in [6.07, 6.45) is 1.66. The predicted molar refractivity (Wildman–Crippen MR) is 138 cm³/mol. The van der Waals surface area contributed by atoms with Gasteiger partial charge in [0.05, 0.1) is 24.2 Å². The van der Waals surface area contributed by atoms with Gasteiger partial charge in [0.15, 0.2) is 5.76 Å². The van der Waals surface area contributed by atoms with Crippen molar-refractivity contribution in [1.82, 2.24) is 20.0 Å². The molecule has 0 spiro atoms. The Balaban J connectivity index is 1.17. The monoisotopic (exact) mass is 469 g/mol. The number of para-hydroxylation sites is 1. The van der Waals surface area contributed by atoms with Gasteiger partial charge in [0, 0.05) is 38.4 Å². The first kappa shape index (κ1) is 22.9. The Morgan fingerprint density at radius 2 is 1.77 bits per heavy atom. The van der Waals surface area contributed by atoms with Gasteiger partial charge in [0.1, 0.15) is 5.69 Å². The van der Waals surface area contributed by atoms with Gasteiger partial charge in [-0.15, -0.1) is 0 Å². The van der Waals surface area contributed by atoms with Crippen molar-refractivity contribution >= 4 is 11.6 Å². The molecule has 180 valence electrons. The summed E-state index contributed by atoms with van der Waals surface area (Å²) in [7, 11) is 0. The van der Waals surface area contributed by atoms with Crippen LogP contribution >= 0.6 is 0 Å². The Morgan fingerprint density at radius 3 is 2.49 bits per heavy atom. The minimum absolute atomic E-state index is 0.124. The number of rotatable bonds is 7. The van der Waals surface area contributed by atoms with Crippen molar-refractivity contribution in [3.8, 4) is 17.1 Å². The number of carbonyl (C=O) groups is 1. The molecule has 1 fully saturated rings. The van der Waals surface area contributed by atoms with Gasteiger partial charge in [-0.1, -0.05) is 35.9 Å². The molecule has 4 aromatic rings. The molecule has 0 radical (unpaired) electrons. The van der Waals surface area contributed by atoms with Crippen molar-refractivity contribution in [2.24, 2.45) is 0 Å². The number of furan rings is 1. The highest BCUT2D eigenvalue weighted by atomic mass is 16.3. The van der Waals surface area contributed by atoms with E-state index in [4.69, 9.17) is 9.52 Å². The number of nitrogens with one attached hydrogen (secondary N) is 1. The predicted octanol–water partition coefficient (Wildman–Crippen LogP) is 4.19. The summed E-state index contributed by atoms with van der Waals surface area (Å²) in [5, 5.41) is 8.05. The van der Waals surface area contributed by atoms with Crippen LogP contribution in [0, 0.1) is 13.8 Å². The van der Waals surface area contributed by atoms with E-state index < -0.39 is 0 Å². The largest absolute Gasteiger partial charge is 0.463 e. The van der Waals surface area contributed by atoms with Gasteiger partial charge in [-0.05, 0) is 55.8 Å². The van der Waals surface area contributed by atoms with Crippen LogP contribution in [0.4, 0.5) is 5.69 Å². The first-order chi connectivity index (χ1) is 17.1. The fourth-order valence-corrected chi connectivity index (χ4v) is 4.65. The fraction of sp³-hybridized carbons (Fsp3) is 0.286. The molecule has 1 amide bonds. The highest BCUT2D eigenvalue weighted by Gasteiger charge is 2.22. The molecule has 0 atom stereocenters. The first-order valence-electron chi connectivity index (χ1n) is 12.1. The Labute approximate surface area is 206 Å². The van der Waals surface area contributed by atoms with Crippen molar-refractivity contribution in [2.45, 2.75) is 20.4 Å². The molecule has 1 saturated heterocycles. The number of hydrogen-bond acceptors (Lipinski definition) is 5. The van der Waals surface area contributed by atoms with E-state index in [1.54, 1.807) is 6.26 Å². The Hall–Kier alpha value is -3.84. The molecule has 7 heteroatoms. The number of anilines is 1. The van der Waals surface area contributed by atoms with Gasteiger partial charge in [0.2, 0.25) is 5.91 Å². The number of amides is 1. The van der Waals surface area contributed by atoms with Crippen LogP contribution in [0.1, 0.15) is 16.8 Å². The van der Waals surface area contributed by atoms with Crippen LogP contribution in [0.25, 0.3) is 17.1 Å². The number of aromatic nitrogens is 2. The molecule has 0 bridgehead atoms. The minimum Gasteiger partial charge on any atom is -0.463 e. The Bertz CT molecular complexity index is 1270. The molecule has 0 aliphatic carbocycles. The zero-order valence-electron chi connectivity index (χ0n) is 20.3. The summed E-state index contributed by atoms with van der Waals surface area (Å²) < 4.78 is 7.50. The van der Waals surface area contributed by atoms with Crippen molar-refractivity contribution in [3.63, 3.8) is 0 Å². The maximum atomic E-state index is 12.8. The lowest BCUT2D eigenvalue weighted by Gasteiger charge is -2.37. The lowest BCUT2D eigenvalue weighted by molar-refractivity contribution is -0.130. The zero-order chi connectivity index (χ0) is 24.2. The van der Waals surface area contributed by atoms with Crippen LogP contribution in [0.2, 0.25) is 0 Å². The average Bonchev–Trinajstić information content (AvgIpc) is 3.55. The molecule has 1 aliphatic rings. The summed E-state index contributed by atoms with van der Waals surface area (Å²) in [5.41, 5.74) is 6.52. The topological polar surface area (TPSA) is 66.5 Å². The second-order valence-corrected chi connectivity index (χ2v) is 9.01. The van der Waals surface area contributed by atoms with Crippen LogP contribution in [0.15, 0.2) is 77.4 Å². The molecule has 5 rings (SSSR count). The highest BCUT2D eigenvalue weighted by Crippen LogP contribution is 2.25. The van der Waals surface area contributed by atoms with Gasteiger partial charge in [-0.3, -0.25) is 4.79 Å². The molecule has 1 N–H and O–H groups in total. The van der Waals surface area contributed by atoms with E-state index in [2.05, 4.69) is 42.3 Å². The third kappa shape index (κ3) is 5.15. The van der Waals surface area contributed by atoms with E-state index in [-0.39, 0.29) is 12.5 Å². The number of aryl methyl sites for hydroxylation is 2. The lowest BCUT2D eigenvalue weighted by Crippen LogP contribution is -2.51. The van der Waals surface area contributed by atoms with Gasteiger partial charge in [-0.25, -0.2) is 4.68 Å². The summed E-state index contributed by atoms with van der Waals surface area (Å²) >= 11 is 0. The summed E-state index contributed by atoms with van der Waals surface area (Å²) in [6, 6.07) is 22.3. The van der Waals surface area contributed by atoms with Crippen molar-refractivity contribution < 1.29 is 9.21 Å². The third-order valence-corrected chi connectivity index (χ3v) is 6.44. The summed E-state index contributed by atoms with van der Waals surface area (Å²) in [5.74, 6) is 0.879. The molecule has 2 aromatic carbocycles. The SMILES string of the molecule is Cc1ccc(N2CCN(C(=O)CNCc3cc(-c4ccco4)n(-c4ccccc4)n3)CC2)c(C)c1. The lowest BCUT2D eigenvalue weighted by atomic mass is 10.1. The van der Waals surface area contributed by atoms with Crippen LogP contribution < -0.4 is 10.2 Å². The zero-order valence-corrected chi connectivity index (χ0v) is 20.3. The maximum absolute atomic E-state index is 12.8.